The van der Waals surface area contributed by atoms with Crippen LogP contribution in [0.25, 0.3) is 0 Å². The minimum Gasteiger partial charge on any atom is -0.378 e. The monoisotopic (exact) mass is 339 g/mol. The standard InChI is InChI=1S/C19H25N5O/c1-14-13-17(18(25)24-11-5-4-6-12-24)22-19(20-14)21-15-7-9-16(10-8-15)23(2)3/h7-10,13H,4-6,11-12H2,1-3H3,(H,20,21,22). The largest absolute Gasteiger partial charge is 0.378 e. The lowest BCUT2D eigenvalue weighted by Gasteiger charge is -2.26. The summed E-state index contributed by atoms with van der Waals surface area (Å²) in [6.07, 6.45) is 3.33. The molecule has 0 unspecified atom stereocenters. The van der Waals surface area contributed by atoms with Crippen molar-refractivity contribution in [1.82, 2.24) is 14.9 Å². The maximum Gasteiger partial charge on any atom is 0.272 e. The second kappa shape index (κ2) is 7.51. The molecule has 0 radical (unpaired) electrons. The van der Waals surface area contributed by atoms with Crippen molar-refractivity contribution in [3.63, 3.8) is 0 Å². The molecular formula is C19H25N5O. The summed E-state index contributed by atoms with van der Waals surface area (Å²) in [4.78, 5) is 25.5. The first-order valence-electron chi connectivity index (χ1n) is 8.72. The van der Waals surface area contributed by atoms with E-state index >= 15 is 0 Å². The first-order chi connectivity index (χ1) is 12.0. The number of anilines is 3. The van der Waals surface area contributed by atoms with Crippen molar-refractivity contribution in [2.24, 2.45) is 0 Å². The summed E-state index contributed by atoms with van der Waals surface area (Å²) >= 11 is 0. The molecule has 0 spiro atoms. The topological polar surface area (TPSA) is 61.4 Å². The second-order valence-electron chi connectivity index (χ2n) is 6.64. The van der Waals surface area contributed by atoms with Crippen LogP contribution in [0.2, 0.25) is 0 Å². The zero-order valence-corrected chi connectivity index (χ0v) is 15.1. The number of nitrogens with zero attached hydrogens (tertiary/aromatic N) is 4. The molecule has 25 heavy (non-hydrogen) atoms. The van der Waals surface area contributed by atoms with Gasteiger partial charge in [-0.15, -0.1) is 0 Å². The number of hydrogen-bond acceptors (Lipinski definition) is 5. The van der Waals surface area contributed by atoms with E-state index in [1.54, 1.807) is 6.07 Å². The molecule has 1 amide bonds. The van der Waals surface area contributed by atoms with Crippen LogP contribution in [0.3, 0.4) is 0 Å². The summed E-state index contributed by atoms with van der Waals surface area (Å²) in [6.45, 7) is 3.52. The Morgan fingerprint density at radius 1 is 1.08 bits per heavy atom. The molecule has 1 aromatic heterocycles. The van der Waals surface area contributed by atoms with Crippen LogP contribution in [0.5, 0.6) is 0 Å². The van der Waals surface area contributed by atoms with Crippen molar-refractivity contribution in [3.8, 4) is 0 Å². The number of hydrogen-bond donors (Lipinski definition) is 1. The maximum absolute atomic E-state index is 12.7. The summed E-state index contributed by atoms with van der Waals surface area (Å²) < 4.78 is 0. The number of aryl methyl sites for hydroxylation is 1. The van der Waals surface area contributed by atoms with Gasteiger partial charge in [-0.05, 0) is 56.5 Å². The fourth-order valence-corrected chi connectivity index (χ4v) is 2.97. The molecule has 1 aliphatic rings. The minimum atomic E-state index is -0.00351. The Bertz CT molecular complexity index is 736. The van der Waals surface area contributed by atoms with E-state index in [2.05, 4.69) is 15.3 Å². The number of rotatable bonds is 4. The van der Waals surface area contributed by atoms with Crippen molar-refractivity contribution in [1.29, 1.82) is 0 Å². The number of aromatic nitrogens is 2. The number of piperidine rings is 1. The van der Waals surface area contributed by atoms with E-state index in [0.29, 0.717) is 11.6 Å². The van der Waals surface area contributed by atoms with Crippen molar-refractivity contribution in [2.45, 2.75) is 26.2 Å². The van der Waals surface area contributed by atoms with E-state index in [4.69, 9.17) is 0 Å². The molecule has 0 saturated carbocycles. The SMILES string of the molecule is Cc1cc(C(=O)N2CCCCC2)nc(Nc2ccc(N(C)C)cc2)n1. The van der Waals surface area contributed by atoms with E-state index in [1.807, 2.05) is 55.1 Å². The van der Waals surface area contributed by atoms with Gasteiger partial charge in [-0.3, -0.25) is 4.79 Å². The molecule has 132 valence electrons. The Kier molecular flexibility index (Phi) is 5.16. The minimum absolute atomic E-state index is 0.00351. The van der Waals surface area contributed by atoms with Gasteiger partial charge >= 0.3 is 0 Å². The predicted molar refractivity (Wildman–Crippen MR) is 101 cm³/mol. The Balaban J connectivity index is 1.77. The van der Waals surface area contributed by atoms with Crippen LogP contribution in [-0.4, -0.2) is 48.0 Å². The Morgan fingerprint density at radius 2 is 1.76 bits per heavy atom. The molecule has 1 fully saturated rings. The van der Waals surface area contributed by atoms with Gasteiger partial charge in [0.05, 0.1) is 0 Å². The van der Waals surface area contributed by atoms with Gasteiger partial charge in [0.15, 0.2) is 0 Å². The molecule has 0 bridgehead atoms. The van der Waals surface area contributed by atoms with Crippen LogP contribution in [-0.2, 0) is 0 Å². The highest BCUT2D eigenvalue weighted by molar-refractivity contribution is 5.92. The average molecular weight is 339 g/mol. The summed E-state index contributed by atoms with van der Waals surface area (Å²) in [7, 11) is 4.01. The fourth-order valence-electron chi connectivity index (χ4n) is 2.97. The van der Waals surface area contributed by atoms with E-state index in [0.717, 1.165) is 43.0 Å². The highest BCUT2D eigenvalue weighted by atomic mass is 16.2. The number of likely N-dealkylation sites (tertiary alicyclic amines) is 1. The quantitative estimate of drug-likeness (QED) is 0.927. The molecule has 1 aliphatic heterocycles. The third-order valence-electron chi connectivity index (χ3n) is 4.36. The van der Waals surface area contributed by atoms with Crippen LogP contribution in [0.4, 0.5) is 17.3 Å². The maximum atomic E-state index is 12.7. The van der Waals surface area contributed by atoms with Gasteiger partial charge in [-0.1, -0.05) is 0 Å². The average Bonchev–Trinajstić information content (AvgIpc) is 2.62. The normalized spacial score (nSPS) is 14.3. The number of benzene rings is 1. The van der Waals surface area contributed by atoms with Crippen molar-refractivity contribution >= 4 is 23.2 Å². The van der Waals surface area contributed by atoms with E-state index in [-0.39, 0.29) is 5.91 Å². The number of nitrogens with one attached hydrogen (secondary N) is 1. The van der Waals surface area contributed by atoms with E-state index < -0.39 is 0 Å². The zero-order valence-electron chi connectivity index (χ0n) is 15.1. The number of amides is 1. The molecule has 1 aromatic carbocycles. The summed E-state index contributed by atoms with van der Waals surface area (Å²) in [5.41, 5.74) is 3.26. The zero-order chi connectivity index (χ0) is 17.8. The fraction of sp³-hybridized carbons (Fsp3) is 0.421. The van der Waals surface area contributed by atoms with Crippen LogP contribution < -0.4 is 10.2 Å². The van der Waals surface area contributed by atoms with Gasteiger partial charge in [-0.25, -0.2) is 9.97 Å². The van der Waals surface area contributed by atoms with E-state index in [9.17, 15) is 4.79 Å². The van der Waals surface area contributed by atoms with Gasteiger partial charge in [0, 0.05) is 44.3 Å². The molecule has 2 heterocycles. The van der Waals surface area contributed by atoms with Crippen LogP contribution in [0.1, 0.15) is 35.4 Å². The van der Waals surface area contributed by atoms with Crippen molar-refractivity contribution < 1.29 is 4.79 Å². The smallest absolute Gasteiger partial charge is 0.272 e. The molecule has 6 heteroatoms. The van der Waals surface area contributed by atoms with E-state index in [1.165, 1.54) is 6.42 Å². The first kappa shape index (κ1) is 17.2. The third kappa shape index (κ3) is 4.26. The lowest BCUT2D eigenvalue weighted by atomic mass is 10.1. The van der Waals surface area contributed by atoms with Crippen LogP contribution in [0, 0.1) is 6.92 Å². The lowest BCUT2D eigenvalue weighted by molar-refractivity contribution is 0.0718. The molecule has 6 nitrogen and oxygen atoms in total. The second-order valence-corrected chi connectivity index (χ2v) is 6.64. The Hall–Kier alpha value is -2.63. The molecule has 0 atom stereocenters. The summed E-state index contributed by atoms with van der Waals surface area (Å²) in [6, 6.07) is 9.77. The lowest BCUT2D eigenvalue weighted by Crippen LogP contribution is -2.36. The van der Waals surface area contributed by atoms with Gasteiger partial charge in [0.25, 0.3) is 5.91 Å². The molecule has 2 aromatic rings. The number of carbonyl (C=O) groups excluding carboxylic acids is 1. The summed E-state index contributed by atoms with van der Waals surface area (Å²) in [5.74, 6) is 0.453. The molecule has 1 N–H and O–H groups in total. The number of carbonyl (C=O) groups is 1. The third-order valence-corrected chi connectivity index (χ3v) is 4.36. The van der Waals surface area contributed by atoms with Crippen molar-refractivity contribution in [2.75, 3.05) is 37.4 Å². The Labute approximate surface area is 148 Å². The highest BCUT2D eigenvalue weighted by Crippen LogP contribution is 2.19. The Morgan fingerprint density at radius 3 is 2.40 bits per heavy atom. The highest BCUT2D eigenvalue weighted by Gasteiger charge is 2.20. The summed E-state index contributed by atoms with van der Waals surface area (Å²) in [5, 5.41) is 3.20. The van der Waals surface area contributed by atoms with Gasteiger partial charge < -0.3 is 15.1 Å². The molecule has 1 saturated heterocycles. The molecule has 0 aliphatic carbocycles. The van der Waals surface area contributed by atoms with Gasteiger partial charge in [0.1, 0.15) is 5.69 Å². The predicted octanol–water partition coefficient (Wildman–Crippen LogP) is 3.22. The molecule has 3 rings (SSSR count). The first-order valence-corrected chi connectivity index (χ1v) is 8.72. The van der Waals surface area contributed by atoms with Crippen molar-refractivity contribution in [3.05, 3.63) is 41.7 Å². The van der Waals surface area contributed by atoms with Crippen LogP contribution >= 0.6 is 0 Å². The van der Waals surface area contributed by atoms with Gasteiger partial charge in [0.2, 0.25) is 5.95 Å². The van der Waals surface area contributed by atoms with Crippen LogP contribution in [0.15, 0.2) is 30.3 Å². The van der Waals surface area contributed by atoms with Gasteiger partial charge in [-0.2, -0.15) is 0 Å². The molecular weight excluding hydrogens is 314 g/mol.